The lowest BCUT2D eigenvalue weighted by Gasteiger charge is -2.37. The summed E-state index contributed by atoms with van der Waals surface area (Å²) in [5, 5.41) is 6.54. The van der Waals surface area contributed by atoms with Crippen LogP contribution in [0.4, 0.5) is 26.3 Å². The molecular formula is C17H16F6N6. The van der Waals surface area contributed by atoms with Crippen molar-refractivity contribution in [3.63, 3.8) is 0 Å². The molecule has 0 aromatic heterocycles. The number of allylic oxidation sites excluding steroid dienone is 1. The van der Waals surface area contributed by atoms with Crippen LogP contribution in [0.5, 0.6) is 0 Å². The van der Waals surface area contributed by atoms with Crippen LogP contribution in [0.3, 0.4) is 0 Å². The standard InChI is InChI=1S/C17H16F6N6/c18-10-6-12(20)11(19)4-8(10)3-9(24)5-14-26-27-16-15-25-13(17(21,22)23)7-28(15)1-2-29(14)16/h1-2,4,6-7,9,15-16,25,27H,3,5,24H2/t9-,15?,16?/m1/s1. The summed E-state index contributed by atoms with van der Waals surface area (Å²) < 4.78 is 79.0. The predicted molar refractivity (Wildman–Crippen MR) is 90.9 cm³/mol. The Balaban J connectivity index is 1.41. The number of alkyl halides is 3. The summed E-state index contributed by atoms with van der Waals surface area (Å²) in [4.78, 5) is 3.01. The highest BCUT2D eigenvalue weighted by Crippen LogP contribution is 2.32. The molecular weight excluding hydrogens is 402 g/mol. The molecule has 0 aliphatic carbocycles. The fraction of sp³-hybridized carbons (Fsp3) is 0.353. The number of hydrogen-bond donors (Lipinski definition) is 3. The molecule has 6 nitrogen and oxygen atoms in total. The van der Waals surface area contributed by atoms with Gasteiger partial charge in [-0.25, -0.2) is 13.2 Å². The zero-order chi connectivity index (χ0) is 20.9. The van der Waals surface area contributed by atoms with E-state index >= 15 is 0 Å². The van der Waals surface area contributed by atoms with E-state index in [1.54, 1.807) is 11.1 Å². The van der Waals surface area contributed by atoms with Crippen molar-refractivity contribution in [1.29, 1.82) is 0 Å². The molecule has 0 saturated heterocycles. The second kappa shape index (κ2) is 6.87. The number of benzene rings is 1. The molecule has 12 heteroatoms. The van der Waals surface area contributed by atoms with Crippen molar-refractivity contribution < 1.29 is 26.3 Å². The van der Waals surface area contributed by atoms with E-state index in [4.69, 9.17) is 5.73 Å². The van der Waals surface area contributed by atoms with Crippen molar-refractivity contribution in [3.8, 4) is 0 Å². The van der Waals surface area contributed by atoms with Crippen LogP contribution in [0.15, 0.2) is 41.5 Å². The third kappa shape index (κ3) is 3.59. The van der Waals surface area contributed by atoms with Crippen molar-refractivity contribution in [3.05, 3.63) is 59.4 Å². The van der Waals surface area contributed by atoms with Gasteiger partial charge in [-0.1, -0.05) is 0 Å². The van der Waals surface area contributed by atoms with Gasteiger partial charge in [0, 0.05) is 37.1 Å². The first-order valence-corrected chi connectivity index (χ1v) is 8.64. The van der Waals surface area contributed by atoms with E-state index in [-0.39, 0.29) is 18.4 Å². The summed E-state index contributed by atoms with van der Waals surface area (Å²) in [6.07, 6.45) is -1.80. The van der Waals surface area contributed by atoms with Gasteiger partial charge in [-0.15, -0.1) is 0 Å². The number of nitrogens with one attached hydrogen (secondary N) is 2. The number of hydrazone groups is 1. The minimum atomic E-state index is -4.50. The number of amidine groups is 1. The molecule has 0 radical (unpaired) electrons. The maximum atomic E-state index is 13.8. The molecule has 3 aliphatic heterocycles. The highest BCUT2D eigenvalue weighted by Gasteiger charge is 2.46. The van der Waals surface area contributed by atoms with E-state index in [0.717, 1.165) is 12.3 Å². The Morgan fingerprint density at radius 3 is 2.48 bits per heavy atom. The molecule has 3 aliphatic rings. The third-order valence-electron chi connectivity index (χ3n) is 4.85. The van der Waals surface area contributed by atoms with E-state index in [9.17, 15) is 26.3 Å². The van der Waals surface area contributed by atoms with Gasteiger partial charge in [0.25, 0.3) is 0 Å². The number of nitrogens with two attached hydrogens (primary N) is 1. The van der Waals surface area contributed by atoms with Crippen LogP contribution in [0.2, 0.25) is 0 Å². The minimum Gasteiger partial charge on any atom is -0.356 e. The second-order valence-corrected chi connectivity index (χ2v) is 6.91. The largest absolute Gasteiger partial charge is 0.432 e. The van der Waals surface area contributed by atoms with Gasteiger partial charge in [-0.2, -0.15) is 18.3 Å². The number of nitrogens with zero attached hydrogens (tertiary/aromatic N) is 3. The quantitative estimate of drug-likeness (QED) is 0.516. The fourth-order valence-electron chi connectivity index (χ4n) is 3.47. The van der Waals surface area contributed by atoms with Gasteiger partial charge in [0.2, 0.25) is 0 Å². The lowest BCUT2D eigenvalue weighted by atomic mass is 10.0. The van der Waals surface area contributed by atoms with Gasteiger partial charge < -0.3 is 20.9 Å². The number of hydrogen-bond acceptors (Lipinski definition) is 6. The molecule has 0 bridgehead atoms. The number of fused-ring (bicyclic) bond motifs is 3. The van der Waals surface area contributed by atoms with Crippen LogP contribution < -0.4 is 16.5 Å². The zero-order valence-corrected chi connectivity index (χ0v) is 14.7. The molecule has 0 saturated carbocycles. The Hall–Kier alpha value is -2.89. The maximum Gasteiger partial charge on any atom is 0.432 e. The first-order valence-electron chi connectivity index (χ1n) is 8.64. The summed E-state index contributed by atoms with van der Waals surface area (Å²) in [6.45, 7) is 0. The normalized spacial score (nSPS) is 23.8. The van der Waals surface area contributed by atoms with Crippen LogP contribution in [-0.2, 0) is 6.42 Å². The van der Waals surface area contributed by atoms with Crippen LogP contribution in [0, 0.1) is 17.5 Å². The molecule has 0 amide bonds. The molecule has 3 heterocycles. The lowest BCUT2D eigenvalue weighted by Crippen LogP contribution is -2.57. The third-order valence-corrected chi connectivity index (χ3v) is 4.85. The topological polar surface area (TPSA) is 68.9 Å². The fourth-order valence-corrected chi connectivity index (χ4v) is 3.47. The molecule has 4 rings (SSSR count). The van der Waals surface area contributed by atoms with Gasteiger partial charge in [0.1, 0.15) is 23.5 Å². The Kier molecular flexibility index (Phi) is 4.60. The SMILES string of the molecule is N[C@@H](CC1=NNC2C3NC(C(F)(F)F)=CN3C=CN12)Cc1cc(F)c(F)cc1F. The van der Waals surface area contributed by atoms with Crippen LogP contribution in [0.25, 0.3) is 0 Å². The second-order valence-electron chi connectivity index (χ2n) is 6.91. The highest BCUT2D eigenvalue weighted by atomic mass is 19.4. The highest BCUT2D eigenvalue weighted by molar-refractivity contribution is 5.85. The van der Waals surface area contributed by atoms with Crippen LogP contribution >= 0.6 is 0 Å². The molecule has 1 aromatic carbocycles. The summed E-state index contributed by atoms with van der Waals surface area (Å²) in [6, 6.07) is 0.537. The van der Waals surface area contributed by atoms with E-state index in [1.807, 2.05) is 0 Å². The molecule has 1 aromatic rings. The summed E-state index contributed by atoms with van der Waals surface area (Å²) in [5.74, 6) is -2.93. The Morgan fingerprint density at radius 1 is 1.03 bits per heavy atom. The van der Waals surface area contributed by atoms with Gasteiger partial charge in [-0.05, 0) is 18.1 Å². The lowest BCUT2D eigenvalue weighted by molar-refractivity contribution is -0.0967. The maximum absolute atomic E-state index is 13.8. The van der Waals surface area contributed by atoms with Gasteiger partial charge in [-0.3, -0.25) is 5.43 Å². The van der Waals surface area contributed by atoms with E-state index < -0.39 is 47.7 Å². The molecule has 2 unspecified atom stereocenters. The summed E-state index contributed by atoms with van der Waals surface area (Å²) in [5.41, 5.74) is 7.85. The summed E-state index contributed by atoms with van der Waals surface area (Å²) >= 11 is 0. The van der Waals surface area contributed by atoms with E-state index in [1.165, 1.54) is 11.1 Å². The van der Waals surface area contributed by atoms with Gasteiger partial charge in [0.05, 0.1) is 0 Å². The first-order chi connectivity index (χ1) is 13.6. The van der Waals surface area contributed by atoms with Crippen molar-refractivity contribution >= 4 is 5.84 Å². The van der Waals surface area contributed by atoms with Crippen molar-refractivity contribution in [2.24, 2.45) is 10.8 Å². The van der Waals surface area contributed by atoms with Crippen LogP contribution in [0.1, 0.15) is 12.0 Å². The van der Waals surface area contributed by atoms with Crippen molar-refractivity contribution in [2.45, 2.75) is 37.4 Å². The van der Waals surface area contributed by atoms with Gasteiger partial charge >= 0.3 is 6.18 Å². The average Bonchev–Trinajstić information content (AvgIpc) is 3.23. The molecule has 0 spiro atoms. The van der Waals surface area contributed by atoms with Crippen molar-refractivity contribution in [1.82, 2.24) is 20.5 Å². The average molecular weight is 418 g/mol. The first kappa shape index (κ1) is 19.4. The number of rotatable bonds is 4. The zero-order valence-electron chi connectivity index (χ0n) is 14.7. The predicted octanol–water partition coefficient (Wildman–Crippen LogP) is 2.03. The Labute approximate surface area is 161 Å². The van der Waals surface area contributed by atoms with Gasteiger partial charge in [0.15, 0.2) is 17.8 Å². The minimum absolute atomic E-state index is 0.0716. The van der Waals surface area contributed by atoms with E-state index in [0.29, 0.717) is 11.9 Å². The Bertz CT molecular complexity index is 910. The monoisotopic (exact) mass is 418 g/mol. The summed E-state index contributed by atoms with van der Waals surface area (Å²) in [7, 11) is 0. The van der Waals surface area contributed by atoms with E-state index in [2.05, 4.69) is 15.8 Å². The molecule has 4 N–H and O–H groups in total. The van der Waals surface area contributed by atoms with Crippen LogP contribution in [-0.4, -0.2) is 40.2 Å². The van der Waals surface area contributed by atoms with Crippen molar-refractivity contribution in [2.75, 3.05) is 0 Å². The Morgan fingerprint density at radius 2 is 1.76 bits per heavy atom. The number of halogens is 6. The molecule has 29 heavy (non-hydrogen) atoms. The molecule has 156 valence electrons. The smallest absolute Gasteiger partial charge is 0.356 e. The molecule has 3 atom stereocenters. The molecule has 0 fully saturated rings.